The molecule has 0 saturated carbocycles. The number of aryl methyl sites for hydroxylation is 1. The molecule has 0 saturated heterocycles. The highest BCUT2D eigenvalue weighted by atomic mass is 16.1. The minimum absolute atomic E-state index is 0.00118. The summed E-state index contributed by atoms with van der Waals surface area (Å²) in [6.07, 6.45) is 1.72. The lowest BCUT2D eigenvalue weighted by molar-refractivity contribution is 0.870. The lowest BCUT2D eigenvalue weighted by atomic mass is 10.0. The Balaban J connectivity index is 2.24. The molecule has 3 aromatic rings. The first-order chi connectivity index (χ1) is 10.7. The van der Waals surface area contributed by atoms with Crippen molar-refractivity contribution in [3.8, 4) is 16.9 Å². The zero-order valence-corrected chi connectivity index (χ0v) is 13.0. The van der Waals surface area contributed by atoms with Gasteiger partial charge in [0, 0.05) is 11.1 Å². The zero-order valence-electron chi connectivity index (χ0n) is 13.0. The molecule has 0 radical (unpaired) electrons. The normalized spacial score (nSPS) is 10.8. The first-order valence-corrected chi connectivity index (χ1v) is 7.67. The van der Waals surface area contributed by atoms with Crippen molar-refractivity contribution in [2.45, 2.75) is 26.7 Å². The topological polar surface area (TPSA) is 37.8 Å². The molecule has 3 heteroatoms. The molecular formula is C19H20N2O. The van der Waals surface area contributed by atoms with Crippen molar-refractivity contribution in [2.75, 3.05) is 0 Å². The summed E-state index contributed by atoms with van der Waals surface area (Å²) in [4.78, 5) is 12.4. The van der Waals surface area contributed by atoms with Crippen LogP contribution in [0.15, 0.2) is 59.4 Å². The standard InChI is InChI=1S/C19H20N2O/c1-3-7-17-18(15-8-5-4-6-9-15)21(20-19(17)22)16-12-10-14(2)11-13-16/h4-6,8-13H,3,7H2,1-2H3,(H,20,22). The molecule has 0 unspecified atom stereocenters. The summed E-state index contributed by atoms with van der Waals surface area (Å²) in [5.74, 6) is 0. The Morgan fingerprint density at radius 1 is 1.00 bits per heavy atom. The van der Waals surface area contributed by atoms with Gasteiger partial charge in [-0.3, -0.25) is 14.6 Å². The van der Waals surface area contributed by atoms with E-state index in [1.807, 2.05) is 47.1 Å². The molecule has 112 valence electrons. The number of hydrogen-bond donors (Lipinski definition) is 1. The van der Waals surface area contributed by atoms with Crippen LogP contribution in [0.25, 0.3) is 16.9 Å². The summed E-state index contributed by atoms with van der Waals surface area (Å²) in [6, 6.07) is 18.3. The molecule has 22 heavy (non-hydrogen) atoms. The molecule has 1 N–H and O–H groups in total. The number of rotatable bonds is 4. The first-order valence-electron chi connectivity index (χ1n) is 7.67. The summed E-state index contributed by atoms with van der Waals surface area (Å²) in [5.41, 5.74) is 5.06. The van der Waals surface area contributed by atoms with Gasteiger partial charge in [-0.15, -0.1) is 0 Å². The highest BCUT2D eigenvalue weighted by Gasteiger charge is 2.16. The summed E-state index contributed by atoms with van der Waals surface area (Å²) in [6.45, 7) is 4.15. The van der Waals surface area contributed by atoms with Crippen LogP contribution >= 0.6 is 0 Å². The van der Waals surface area contributed by atoms with E-state index >= 15 is 0 Å². The van der Waals surface area contributed by atoms with E-state index in [1.54, 1.807) is 0 Å². The zero-order chi connectivity index (χ0) is 15.5. The maximum Gasteiger partial charge on any atom is 0.268 e. The van der Waals surface area contributed by atoms with Crippen molar-refractivity contribution < 1.29 is 0 Å². The number of hydrogen-bond acceptors (Lipinski definition) is 1. The van der Waals surface area contributed by atoms with Gasteiger partial charge >= 0.3 is 0 Å². The summed E-state index contributed by atoms with van der Waals surface area (Å²) >= 11 is 0. The molecule has 1 aromatic heterocycles. The average molecular weight is 292 g/mol. The lowest BCUT2D eigenvalue weighted by Crippen LogP contribution is -2.07. The number of nitrogens with one attached hydrogen (secondary N) is 1. The number of aromatic amines is 1. The Morgan fingerprint density at radius 2 is 1.68 bits per heavy atom. The van der Waals surface area contributed by atoms with Crippen LogP contribution in [0.2, 0.25) is 0 Å². The highest BCUT2D eigenvalue weighted by Crippen LogP contribution is 2.25. The molecule has 3 rings (SSSR count). The van der Waals surface area contributed by atoms with Crippen molar-refractivity contribution in [1.29, 1.82) is 0 Å². The summed E-state index contributed by atoms with van der Waals surface area (Å²) in [5, 5.41) is 2.99. The van der Waals surface area contributed by atoms with Gasteiger partial charge in [0.2, 0.25) is 0 Å². The van der Waals surface area contributed by atoms with E-state index in [4.69, 9.17) is 0 Å². The SMILES string of the molecule is CCCc1c(-c2ccccc2)n(-c2ccc(C)cc2)[nH]c1=O. The molecule has 0 bridgehead atoms. The predicted molar refractivity (Wildman–Crippen MR) is 90.6 cm³/mol. The third-order valence-electron chi connectivity index (χ3n) is 3.84. The minimum atomic E-state index is 0.00118. The van der Waals surface area contributed by atoms with Gasteiger partial charge in [-0.25, -0.2) is 0 Å². The summed E-state index contributed by atoms with van der Waals surface area (Å²) < 4.78 is 1.90. The van der Waals surface area contributed by atoms with Crippen LogP contribution in [0.4, 0.5) is 0 Å². The van der Waals surface area contributed by atoms with Gasteiger partial charge in [-0.05, 0) is 25.5 Å². The van der Waals surface area contributed by atoms with Crippen LogP contribution in [0, 0.1) is 6.92 Å². The number of H-pyrrole nitrogens is 1. The Hall–Kier alpha value is -2.55. The molecule has 0 aliphatic heterocycles. The van der Waals surface area contributed by atoms with Crippen LogP contribution in [-0.2, 0) is 6.42 Å². The Kier molecular flexibility index (Phi) is 3.96. The number of nitrogens with zero attached hydrogens (tertiary/aromatic N) is 1. The Labute approximate surface area is 130 Å². The second-order valence-electron chi connectivity index (χ2n) is 5.56. The molecule has 3 nitrogen and oxygen atoms in total. The van der Waals surface area contributed by atoms with Crippen LogP contribution in [-0.4, -0.2) is 9.78 Å². The third kappa shape index (κ3) is 2.62. The van der Waals surface area contributed by atoms with E-state index in [0.29, 0.717) is 0 Å². The average Bonchev–Trinajstić information content (AvgIpc) is 2.86. The monoisotopic (exact) mass is 292 g/mol. The maximum atomic E-state index is 12.4. The fraction of sp³-hybridized carbons (Fsp3) is 0.211. The molecule has 0 atom stereocenters. The molecule has 1 heterocycles. The molecular weight excluding hydrogens is 272 g/mol. The second kappa shape index (κ2) is 6.06. The fourth-order valence-corrected chi connectivity index (χ4v) is 2.74. The van der Waals surface area contributed by atoms with Gasteiger partial charge in [0.1, 0.15) is 0 Å². The van der Waals surface area contributed by atoms with Crippen molar-refractivity contribution >= 4 is 0 Å². The largest absolute Gasteiger partial charge is 0.268 e. The molecule has 2 aromatic carbocycles. The molecule has 0 spiro atoms. The van der Waals surface area contributed by atoms with Gasteiger partial charge in [-0.2, -0.15) is 0 Å². The van der Waals surface area contributed by atoms with E-state index < -0.39 is 0 Å². The Morgan fingerprint density at radius 3 is 2.32 bits per heavy atom. The number of aromatic nitrogens is 2. The van der Waals surface area contributed by atoms with Gasteiger partial charge in [0.25, 0.3) is 5.56 Å². The van der Waals surface area contributed by atoms with Gasteiger partial charge < -0.3 is 0 Å². The first kappa shape index (κ1) is 14.4. The van der Waals surface area contributed by atoms with Gasteiger partial charge in [0.05, 0.1) is 11.4 Å². The lowest BCUT2D eigenvalue weighted by Gasteiger charge is -2.10. The van der Waals surface area contributed by atoms with E-state index in [0.717, 1.165) is 35.3 Å². The van der Waals surface area contributed by atoms with Gasteiger partial charge in [0.15, 0.2) is 0 Å². The fourth-order valence-electron chi connectivity index (χ4n) is 2.74. The quantitative estimate of drug-likeness (QED) is 0.772. The highest BCUT2D eigenvalue weighted by molar-refractivity contribution is 5.65. The summed E-state index contributed by atoms with van der Waals surface area (Å²) in [7, 11) is 0. The predicted octanol–water partition coefficient (Wildman–Crippen LogP) is 4.09. The van der Waals surface area contributed by atoms with E-state index in [-0.39, 0.29) is 5.56 Å². The smallest absolute Gasteiger partial charge is 0.268 e. The Bertz CT molecular complexity index is 811. The van der Waals surface area contributed by atoms with Crippen LogP contribution in [0.5, 0.6) is 0 Å². The van der Waals surface area contributed by atoms with Crippen molar-refractivity contribution in [1.82, 2.24) is 9.78 Å². The second-order valence-corrected chi connectivity index (χ2v) is 5.56. The molecule has 0 aliphatic carbocycles. The van der Waals surface area contributed by atoms with Crippen molar-refractivity contribution in [3.63, 3.8) is 0 Å². The number of benzene rings is 2. The van der Waals surface area contributed by atoms with E-state index in [2.05, 4.69) is 31.1 Å². The van der Waals surface area contributed by atoms with E-state index in [1.165, 1.54) is 5.56 Å². The van der Waals surface area contributed by atoms with Crippen molar-refractivity contribution in [3.05, 3.63) is 76.1 Å². The van der Waals surface area contributed by atoms with E-state index in [9.17, 15) is 4.79 Å². The maximum absolute atomic E-state index is 12.4. The van der Waals surface area contributed by atoms with Gasteiger partial charge in [-0.1, -0.05) is 61.4 Å². The van der Waals surface area contributed by atoms with Crippen LogP contribution < -0.4 is 5.56 Å². The third-order valence-corrected chi connectivity index (χ3v) is 3.84. The minimum Gasteiger partial charge on any atom is -0.268 e. The molecule has 0 aliphatic rings. The van der Waals surface area contributed by atoms with Crippen LogP contribution in [0.3, 0.4) is 0 Å². The molecule has 0 amide bonds. The van der Waals surface area contributed by atoms with Crippen LogP contribution in [0.1, 0.15) is 24.5 Å². The molecule has 0 fully saturated rings. The van der Waals surface area contributed by atoms with Crippen molar-refractivity contribution in [2.24, 2.45) is 0 Å².